The van der Waals surface area contributed by atoms with Gasteiger partial charge in [0, 0.05) is 6.42 Å². The maximum Gasteiger partial charge on any atom is 0.306 e. The van der Waals surface area contributed by atoms with Gasteiger partial charge >= 0.3 is 5.97 Å². The molecule has 132 valence electrons. The van der Waals surface area contributed by atoms with Gasteiger partial charge in [0.1, 0.15) is 12.2 Å². The van der Waals surface area contributed by atoms with Gasteiger partial charge in [0.25, 0.3) is 0 Å². The number of ether oxygens (including phenoxy) is 2. The van der Waals surface area contributed by atoms with Gasteiger partial charge in [0.2, 0.25) is 0 Å². The first-order valence-electron chi connectivity index (χ1n) is 8.41. The molecule has 2 N–H and O–H groups in total. The zero-order chi connectivity index (χ0) is 17.6. The van der Waals surface area contributed by atoms with E-state index in [9.17, 15) is 15.0 Å². The van der Waals surface area contributed by atoms with Crippen LogP contribution in [-0.4, -0.2) is 34.5 Å². The van der Waals surface area contributed by atoms with Crippen LogP contribution in [-0.2, 0) is 20.9 Å². The van der Waals surface area contributed by atoms with E-state index in [4.69, 9.17) is 9.47 Å². The lowest BCUT2D eigenvalue weighted by Crippen LogP contribution is -2.48. The Morgan fingerprint density at radius 3 is 2.36 bits per heavy atom. The maximum atomic E-state index is 11.7. The molecule has 0 bridgehead atoms. The minimum atomic E-state index is -1.26. The molecule has 4 atom stereocenters. The van der Waals surface area contributed by atoms with Crippen molar-refractivity contribution < 1.29 is 24.5 Å². The fraction of sp³-hybridized carbons (Fsp3) is 0.350. The maximum absolute atomic E-state index is 11.7. The quantitative estimate of drug-likeness (QED) is 0.788. The average molecular weight is 342 g/mol. The summed E-state index contributed by atoms with van der Waals surface area (Å²) in [7, 11) is 0. The van der Waals surface area contributed by atoms with Crippen LogP contribution in [0, 0.1) is 0 Å². The second-order valence-electron chi connectivity index (χ2n) is 6.17. The van der Waals surface area contributed by atoms with Crippen LogP contribution in [0.4, 0.5) is 0 Å². The molecule has 0 aromatic heterocycles. The summed E-state index contributed by atoms with van der Waals surface area (Å²) >= 11 is 0. The molecule has 5 heteroatoms. The third kappa shape index (κ3) is 4.45. The van der Waals surface area contributed by atoms with Gasteiger partial charge in [0.05, 0.1) is 12.7 Å². The number of aliphatic hydroxyl groups is 2. The van der Waals surface area contributed by atoms with Gasteiger partial charge in [-0.1, -0.05) is 60.7 Å². The van der Waals surface area contributed by atoms with Crippen molar-refractivity contribution in [3.05, 3.63) is 71.8 Å². The summed E-state index contributed by atoms with van der Waals surface area (Å²) in [4.78, 5) is 11.7. The molecular formula is C20H22O5. The van der Waals surface area contributed by atoms with E-state index in [1.807, 2.05) is 36.4 Å². The molecule has 0 aliphatic carbocycles. The first-order chi connectivity index (χ1) is 12.1. The minimum absolute atomic E-state index is 0.240. The summed E-state index contributed by atoms with van der Waals surface area (Å²) in [6.07, 6.45) is -3.09. The van der Waals surface area contributed by atoms with Gasteiger partial charge in [-0.25, -0.2) is 0 Å². The van der Waals surface area contributed by atoms with Crippen LogP contribution in [0.25, 0.3) is 0 Å². The molecule has 0 spiro atoms. The molecule has 1 fully saturated rings. The number of hydrogen-bond donors (Lipinski definition) is 2. The largest absolute Gasteiger partial charge is 0.457 e. The van der Waals surface area contributed by atoms with E-state index in [2.05, 4.69) is 0 Å². The van der Waals surface area contributed by atoms with Crippen LogP contribution in [0.1, 0.15) is 30.1 Å². The summed E-state index contributed by atoms with van der Waals surface area (Å²) in [5.41, 5.74) is 1.56. The van der Waals surface area contributed by atoms with Crippen molar-refractivity contribution in [1.82, 2.24) is 0 Å². The number of cyclic esters (lactones) is 1. The summed E-state index contributed by atoms with van der Waals surface area (Å²) in [6.45, 7) is 0.355. The monoisotopic (exact) mass is 342 g/mol. The molecule has 25 heavy (non-hydrogen) atoms. The van der Waals surface area contributed by atoms with E-state index in [0.29, 0.717) is 18.6 Å². The number of carbonyl (C=O) groups is 1. The van der Waals surface area contributed by atoms with E-state index in [1.54, 1.807) is 24.3 Å². The van der Waals surface area contributed by atoms with E-state index in [-0.39, 0.29) is 12.4 Å². The molecule has 0 unspecified atom stereocenters. The molecule has 2 aromatic rings. The summed E-state index contributed by atoms with van der Waals surface area (Å²) in [6, 6.07) is 18.5. The van der Waals surface area contributed by atoms with Crippen LogP contribution in [0.5, 0.6) is 0 Å². The van der Waals surface area contributed by atoms with E-state index in [0.717, 1.165) is 5.56 Å². The Morgan fingerprint density at radius 1 is 1.04 bits per heavy atom. The summed E-state index contributed by atoms with van der Waals surface area (Å²) < 4.78 is 11.2. The number of rotatable bonds is 6. The Bertz CT molecular complexity index is 673. The standard InChI is InChI=1S/C20H22O5/c21-17-12-11-16(24-13-14-7-3-1-4-8-14)20(25-17)19(23)18(22)15-9-5-2-6-10-15/h1-10,16,18-20,22-23H,11-13H2/t16-,18+,19+,20+/m0/s1. The third-order valence-corrected chi connectivity index (χ3v) is 4.38. The van der Waals surface area contributed by atoms with Gasteiger partial charge in [-0.3, -0.25) is 4.79 Å². The second kappa shape index (κ2) is 8.25. The number of benzene rings is 2. The van der Waals surface area contributed by atoms with E-state index < -0.39 is 24.4 Å². The first-order valence-corrected chi connectivity index (χ1v) is 8.41. The van der Waals surface area contributed by atoms with Crippen molar-refractivity contribution in [2.45, 2.75) is 43.9 Å². The molecule has 5 nitrogen and oxygen atoms in total. The van der Waals surface area contributed by atoms with Gasteiger partial charge in [-0.15, -0.1) is 0 Å². The highest BCUT2D eigenvalue weighted by atomic mass is 16.6. The van der Waals surface area contributed by atoms with Gasteiger partial charge in [-0.05, 0) is 17.5 Å². The smallest absolute Gasteiger partial charge is 0.306 e. The van der Waals surface area contributed by atoms with Crippen LogP contribution in [0.15, 0.2) is 60.7 Å². The molecule has 0 amide bonds. The summed E-state index contributed by atoms with van der Waals surface area (Å²) in [5.74, 6) is -0.385. The highest BCUT2D eigenvalue weighted by Crippen LogP contribution is 2.28. The lowest BCUT2D eigenvalue weighted by molar-refractivity contribution is -0.192. The molecule has 2 aromatic carbocycles. The molecule has 1 aliphatic heterocycles. The Hall–Kier alpha value is -2.21. The Labute approximate surface area is 146 Å². The predicted octanol–water partition coefficient (Wildman–Crippen LogP) is 2.37. The van der Waals surface area contributed by atoms with Crippen molar-refractivity contribution in [2.75, 3.05) is 0 Å². The molecular weight excluding hydrogens is 320 g/mol. The number of esters is 1. The summed E-state index contributed by atoms with van der Waals surface area (Å²) in [5, 5.41) is 21.0. The number of hydrogen-bond acceptors (Lipinski definition) is 5. The molecule has 1 heterocycles. The van der Waals surface area contributed by atoms with Crippen molar-refractivity contribution in [3.8, 4) is 0 Å². The van der Waals surface area contributed by atoms with E-state index in [1.165, 1.54) is 0 Å². The number of carbonyl (C=O) groups excluding carboxylic acids is 1. The molecule has 3 rings (SSSR count). The predicted molar refractivity (Wildman–Crippen MR) is 91.5 cm³/mol. The SMILES string of the molecule is O=C1CC[C@H](OCc2ccccc2)[C@H]([C@H](O)[C@H](O)c2ccccc2)O1. The fourth-order valence-corrected chi connectivity index (χ4v) is 2.98. The van der Waals surface area contributed by atoms with E-state index >= 15 is 0 Å². The van der Waals surface area contributed by atoms with Gasteiger partial charge < -0.3 is 19.7 Å². The molecule has 0 saturated carbocycles. The van der Waals surface area contributed by atoms with Crippen molar-refractivity contribution in [1.29, 1.82) is 0 Å². The molecule has 0 radical (unpaired) electrons. The molecule has 1 saturated heterocycles. The Morgan fingerprint density at radius 2 is 1.68 bits per heavy atom. The lowest BCUT2D eigenvalue weighted by Gasteiger charge is -2.35. The minimum Gasteiger partial charge on any atom is -0.457 e. The van der Waals surface area contributed by atoms with Gasteiger partial charge in [0.15, 0.2) is 6.10 Å². The highest BCUT2D eigenvalue weighted by molar-refractivity contribution is 5.70. The van der Waals surface area contributed by atoms with Crippen LogP contribution in [0.3, 0.4) is 0 Å². The lowest BCUT2D eigenvalue weighted by atomic mass is 9.93. The normalized spacial score (nSPS) is 22.9. The second-order valence-corrected chi connectivity index (χ2v) is 6.17. The third-order valence-electron chi connectivity index (χ3n) is 4.38. The van der Waals surface area contributed by atoms with Crippen LogP contribution >= 0.6 is 0 Å². The topological polar surface area (TPSA) is 76.0 Å². The van der Waals surface area contributed by atoms with Crippen molar-refractivity contribution >= 4 is 5.97 Å². The number of aliphatic hydroxyl groups excluding tert-OH is 2. The van der Waals surface area contributed by atoms with Crippen molar-refractivity contribution in [3.63, 3.8) is 0 Å². The molecule has 1 aliphatic rings. The van der Waals surface area contributed by atoms with Crippen LogP contribution < -0.4 is 0 Å². The fourth-order valence-electron chi connectivity index (χ4n) is 2.98. The van der Waals surface area contributed by atoms with Crippen LogP contribution in [0.2, 0.25) is 0 Å². The Balaban J connectivity index is 1.69. The van der Waals surface area contributed by atoms with Crippen molar-refractivity contribution in [2.24, 2.45) is 0 Å². The Kier molecular flexibility index (Phi) is 5.81. The first kappa shape index (κ1) is 17.6. The average Bonchev–Trinajstić information content (AvgIpc) is 2.67. The highest BCUT2D eigenvalue weighted by Gasteiger charge is 2.40. The van der Waals surface area contributed by atoms with Gasteiger partial charge in [-0.2, -0.15) is 0 Å². The zero-order valence-electron chi connectivity index (χ0n) is 13.8. The zero-order valence-corrected chi connectivity index (χ0v) is 13.8.